The fourth-order valence-electron chi connectivity index (χ4n) is 4.37. The minimum atomic E-state index is -0.873. The number of carbonyl (C=O) groups excluding carboxylic acids is 2. The lowest BCUT2D eigenvalue weighted by molar-refractivity contribution is -0.137. The topological polar surface area (TPSA) is 111 Å². The fourth-order valence-corrected chi connectivity index (χ4v) is 4.54. The number of benzene rings is 3. The highest BCUT2D eigenvalue weighted by molar-refractivity contribution is 6.38. The van der Waals surface area contributed by atoms with E-state index in [9.17, 15) is 14.4 Å². The average molecular weight is 533 g/mol. The molecule has 1 aliphatic heterocycles. The highest BCUT2D eigenvalue weighted by Gasteiger charge is 2.29. The number of nitrogens with zero attached hydrogens (tertiary/aromatic N) is 1. The van der Waals surface area contributed by atoms with Crippen LogP contribution in [0.25, 0.3) is 11.3 Å². The standard InChI is InChI=1S/C29H29ClN4O4/c1-18(35)34(15-14-31-2)23-10-8-22(9-11-23)32-28(20-5-3-4-19(16-20)6-13-26(36)37)27-24-12-7-21(30)17-25(24)33-29(27)38/h3-5,7-12,16-17,31-32H,6,13-15H2,1-2H3,(H,33,38)(H,36,37)/b28-27-. The Labute approximate surface area is 226 Å². The van der Waals surface area contributed by atoms with Crippen LogP contribution in [0.5, 0.6) is 0 Å². The monoisotopic (exact) mass is 532 g/mol. The maximum atomic E-state index is 13.2. The van der Waals surface area contributed by atoms with E-state index in [0.29, 0.717) is 47.1 Å². The van der Waals surface area contributed by atoms with Gasteiger partial charge in [0.05, 0.1) is 17.0 Å². The molecule has 1 heterocycles. The number of hydrogen-bond acceptors (Lipinski definition) is 5. The van der Waals surface area contributed by atoms with Crippen LogP contribution < -0.4 is 20.9 Å². The SMILES string of the molecule is CNCCN(C(C)=O)c1ccc(N/C(=C2\C(=O)Nc3cc(Cl)ccc32)c2cccc(CCC(=O)O)c2)cc1. The highest BCUT2D eigenvalue weighted by Crippen LogP contribution is 2.39. The molecule has 0 aromatic heterocycles. The summed E-state index contributed by atoms with van der Waals surface area (Å²) in [7, 11) is 1.84. The van der Waals surface area contributed by atoms with Crippen molar-refractivity contribution in [2.24, 2.45) is 0 Å². The van der Waals surface area contributed by atoms with Crippen molar-refractivity contribution in [1.82, 2.24) is 5.32 Å². The van der Waals surface area contributed by atoms with Gasteiger partial charge < -0.3 is 26.0 Å². The van der Waals surface area contributed by atoms with Crippen molar-refractivity contribution in [3.05, 3.63) is 88.4 Å². The molecule has 8 nitrogen and oxygen atoms in total. The molecular weight excluding hydrogens is 504 g/mol. The van der Waals surface area contributed by atoms with Crippen LogP contribution >= 0.6 is 11.6 Å². The molecule has 4 rings (SSSR count). The minimum absolute atomic E-state index is 0.00622. The second-order valence-electron chi connectivity index (χ2n) is 8.93. The molecule has 0 saturated heterocycles. The molecule has 0 fully saturated rings. The molecule has 0 aliphatic carbocycles. The van der Waals surface area contributed by atoms with E-state index in [1.54, 1.807) is 23.1 Å². The van der Waals surface area contributed by atoms with Crippen LogP contribution in [0, 0.1) is 0 Å². The first-order valence-corrected chi connectivity index (χ1v) is 12.6. The molecule has 0 atom stereocenters. The van der Waals surface area contributed by atoms with Gasteiger partial charge in [-0.25, -0.2) is 0 Å². The second-order valence-corrected chi connectivity index (χ2v) is 9.37. The van der Waals surface area contributed by atoms with Crippen molar-refractivity contribution >= 4 is 57.7 Å². The van der Waals surface area contributed by atoms with Crippen LogP contribution in [0.4, 0.5) is 17.1 Å². The summed E-state index contributed by atoms with van der Waals surface area (Å²) < 4.78 is 0. The van der Waals surface area contributed by atoms with E-state index >= 15 is 0 Å². The number of rotatable bonds is 10. The maximum absolute atomic E-state index is 13.2. The lowest BCUT2D eigenvalue weighted by Crippen LogP contribution is -2.34. The summed E-state index contributed by atoms with van der Waals surface area (Å²) in [5.74, 6) is -1.20. The minimum Gasteiger partial charge on any atom is -0.481 e. The first-order chi connectivity index (χ1) is 18.3. The van der Waals surface area contributed by atoms with Crippen molar-refractivity contribution in [2.75, 3.05) is 35.7 Å². The molecule has 3 aromatic carbocycles. The maximum Gasteiger partial charge on any atom is 0.303 e. The van der Waals surface area contributed by atoms with Crippen molar-refractivity contribution in [2.45, 2.75) is 19.8 Å². The van der Waals surface area contributed by atoms with Gasteiger partial charge in [0.2, 0.25) is 5.91 Å². The first-order valence-electron chi connectivity index (χ1n) is 12.2. The quantitative estimate of drug-likeness (QED) is 0.277. The number of aliphatic carboxylic acids is 1. The number of carbonyl (C=O) groups is 3. The van der Waals surface area contributed by atoms with Crippen molar-refractivity contribution in [3.63, 3.8) is 0 Å². The van der Waals surface area contributed by atoms with Crippen LogP contribution in [0.2, 0.25) is 5.02 Å². The average Bonchev–Trinajstić information content (AvgIpc) is 3.21. The van der Waals surface area contributed by atoms with Gasteiger partial charge in [0.25, 0.3) is 5.91 Å². The van der Waals surface area contributed by atoms with Crippen LogP contribution in [0.3, 0.4) is 0 Å². The van der Waals surface area contributed by atoms with E-state index in [-0.39, 0.29) is 18.2 Å². The molecule has 3 aromatic rings. The van der Waals surface area contributed by atoms with E-state index in [4.69, 9.17) is 16.7 Å². The zero-order valence-corrected chi connectivity index (χ0v) is 21.9. The third-order valence-electron chi connectivity index (χ3n) is 6.23. The summed E-state index contributed by atoms with van der Waals surface area (Å²) >= 11 is 6.16. The van der Waals surface area contributed by atoms with Crippen LogP contribution in [0.15, 0.2) is 66.7 Å². The van der Waals surface area contributed by atoms with Gasteiger partial charge in [-0.05, 0) is 67.1 Å². The molecule has 0 saturated carbocycles. The molecule has 0 unspecified atom stereocenters. The summed E-state index contributed by atoms with van der Waals surface area (Å²) in [4.78, 5) is 38.1. The Morgan fingerprint density at radius 1 is 1.05 bits per heavy atom. The van der Waals surface area contributed by atoms with Gasteiger partial charge in [0, 0.05) is 48.4 Å². The van der Waals surface area contributed by atoms with Crippen molar-refractivity contribution < 1.29 is 19.5 Å². The number of anilines is 3. The largest absolute Gasteiger partial charge is 0.481 e. The molecule has 9 heteroatoms. The third kappa shape index (κ3) is 6.22. The summed E-state index contributed by atoms with van der Waals surface area (Å²) in [5, 5.41) is 19.0. The second kappa shape index (κ2) is 11.9. The molecule has 2 amide bonds. The number of fused-ring (bicyclic) bond motifs is 1. The van der Waals surface area contributed by atoms with Gasteiger partial charge in [-0.1, -0.05) is 35.9 Å². The molecule has 4 N–H and O–H groups in total. The van der Waals surface area contributed by atoms with E-state index in [2.05, 4.69) is 16.0 Å². The number of likely N-dealkylation sites (N-methyl/N-ethyl adjacent to an activating group) is 1. The lowest BCUT2D eigenvalue weighted by atomic mass is 9.97. The van der Waals surface area contributed by atoms with E-state index in [1.807, 2.05) is 55.6 Å². The molecule has 38 heavy (non-hydrogen) atoms. The Morgan fingerprint density at radius 2 is 1.82 bits per heavy atom. The van der Waals surface area contributed by atoms with E-state index in [1.165, 1.54) is 6.92 Å². The molecule has 0 spiro atoms. The number of nitrogens with one attached hydrogen (secondary N) is 3. The molecule has 0 radical (unpaired) electrons. The Kier molecular flexibility index (Phi) is 8.45. The van der Waals surface area contributed by atoms with Crippen LogP contribution in [-0.2, 0) is 20.8 Å². The summed E-state index contributed by atoms with van der Waals surface area (Å²) in [6.45, 7) is 2.73. The number of amides is 2. The molecular formula is C29H29ClN4O4. The van der Waals surface area contributed by atoms with Gasteiger partial charge in [0.15, 0.2) is 0 Å². The smallest absolute Gasteiger partial charge is 0.303 e. The Bertz CT molecular complexity index is 1400. The predicted molar refractivity (Wildman–Crippen MR) is 151 cm³/mol. The molecule has 1 aliphatic rings. The summed E-state index contributed by atoms with van der Waals surface area (Å²) in [6, 6.07) is 20.2. The zero-order chi connectivity index (χ0) is 27.2. The fraction of sp³-hybridized carbons (Fsp3) is 0.207. The highest BCUT2D eigenvalue weighted by atomic mass is 35.5. The number of hydrogen-bond donors (Lipinski definition) is 4. The van der Waals surface area contributed by atoms with Gasteiger partial charge in [-0.3, -0.25) is 14.4 Å². The van der Waals surface area contributed by atoms with Gasteiger partial charge in [-0.15, -0.1) is 0 Å². The number of aryl methyl sites for hydroxylation is 1. The predicted octanol–water partition coefficient (Wildman–Crippen LogP) is 4.86. The molecule has 0 bridgehead atoms. The third-order valence-corrected chi connectivity index (χ3v) is 6.47. The van der Waals surface area contributed by atoms with Crippen molar-refractivity contribution in [3.8, 4) is 0 Å². The normalized spacial score (nSPS) is 13.5. The van der Waals surface area contributed by atoms with Crippen LogP contribution in [-0.4, -0.2) is 43.0 Å². The van der Waals surface area contributed by atoms with E-state index < -0.39 is 5.97 Å². The van der Waals surface area contributed by atoms with Crippen LogP contribution in [0.1, 0.15) is 30.0 Å². The number of halogens is 1. The van der Waals surface area contributed by atoms with Gasteiger partial charge >= 0.3 is 5.97 Å². The van der Waals surface area contributed by atoms with E-state index in [0.717, 1.165) is 22.5 Å². The van der Waals surface area contributed by atoms with Gasteiger partial charge in [-0.2, -0.15) is 0 Å². The molecule has 196 valence electrons. The Hall–Kier alpha value is -4.14. The first kappa shape index (κ1) is 26.9. The summed E-state index contributed by atoms with van der Waals surface area (Å²) in [5.41, 5.74) is 5.44. The lowest BCUT2D eigenvalue weighted by Gasteiger charge is -2.22. The zero-order valence-electron chi connectivity index (χ0n) is 21.2. The Balaban J connectivity index is 1.75. The summed E-state index contributed by atoms with van der Waals surface area (Å²) in [6.07, 6.45) is 0.374. The van der Waals surface area contributed by atoms with Crippen molar-refractivity contribution in [1.29, 1.82) is 0 Å². The van der Waals surface area contributed by atoms with Gasteiger partial charge in [0.1, 0.15) is 0 Å². The number of carboxylic acids is 1. The Morgan fingerprint density at radius 3 is 2.50 bits per heavy atom. The number of carboxylic acid groups (broad SMARTS) is 1.